The maximum Gasteiger partial charge on any atom is 0.242 e. The van der Waals surface area contributed by atoms with Gasteiger partial charge in [0.05, 0.1) is 0 Å². The molecule has 0 spiro atoms. The lowest BCUT2D eigenvalue weighted by Gasteiger charge is -2.29. The van der Waals surface area contributed by atoms with Gasteiger partial charge in [-0.1, -0.05) is 55.0 Å². The zero-order valence-electron chi connectivity index (χ0n) is 18.6. The first kappa shape index (κ1) is 24.0. The zero-order chi connectivity index (χ0) is 21.9. The van der Waals surface area contributed by atoms with Crippen molar-refractivity contribution in [3.8, 4) is 0 Å². The molecule has 0 heterocycles. The fourth-order valence-corrected chi connectivity index (χ4v) is 3.91. The van der Waals surface area contributed by atoms with Crippen LogP contribution in [0.1, 0.15) is 44.7 Å². The fraction of sp³-hybridized carbons (Fsp3) is 0.440. The number of hydrogen-bond donors (Lipinski definition) is 1. The van der Waals surface area contributed by atoms with E-state index in [9.17, 15) is 9.59 Å². The average Bonchev–Trinajstić information content (AvgIpc) is 2.75. The van der Waals surface area contributed by atoms with E-state index in [0.717, 1.165) is 17.7 Å². The molecule has 1 N–H and O–H groups in total. The van der Waals surface area contributed by atoms with Crippen LogP contribution in [0.15, 0.2) is 59.5 Å². The topological polar surface area (TPSA) is 49.4 Å². The zero-order valence-corrected chi connectivity index (χ0v) is 19.4. The van der Waals surface area contributed by atoms with Gasteiger partial charge in [0.15, 0.2) is 0 Å². The number of benzene rings is 2. The van der Waals surface area contributed by atoms with E-state index in [2.05, 4.69) is 48.6 Å². The molecule has 30 heavy (non-hydrogen) atoms. The fourth-order valence-electron chi connectivity index (χ4n) is 3.07. The number of carbonyl (C=O) groups is 2. The minimum Gasteiger partial charge on any atom is -0.352 e. The molecule has 0 bridgehead atoms. The summed E-state index contributed by atoms with van der Waals surface area (Å²) in [4.78, 5) is 28.6. The Kier molecular flexibility index (Phi) is 9.95. The molecule has 0 aliphatic rings. The second-order valence-corrected chi connectivity index (χ2v) is 8.90. The average molecular weight is 427 g/mol. The molecule has 0 saturated carbocycles. The van der Waals surface area contributed by atoms with Gasteiger partial charge in [0, 0.05) is 29.7 Å². The van der Waals surface area contributed by atoms with Crippen LogP contribution in [0, 0.1) is 6.92 Å². The lowest BCUT2D eigenvalue weighted by molar-refractivity contribution is -0.139. The second kappa shape index (κ2) is 12.4. The maximum absolute atomic E-state index is 13.0. The van der Waals surface area contributed by atoms with Gasteiger partial charge in [0.2, 0.25) is 11.8 Å². The summed E-state index contributed by atoms with van der Waals surface area (Å²) in [6.45, 7) is 8.45. The van der Waals surface area contributed by atoms with Crippen molar-refractivity contribution in [2.45, 2.75) is 63.9 Å². The van der Waals surface area contributed by atoms with Crippen molar-refractivity contribution in [3.63, 3.8) is 0 Å². The van der Waals surface area contributed by atoms with Gasteiger partial charge in [-0.3, -0.25) is 9.59 Å². The molecule has 0 aliphatic heterocycles. The summed E-state index contributed by atoms with van der Waals surface area (Å²) in [6.07, 6.45) is 2.01. The molecule has 2 aromatic rings. The minimum atomic E-state index is -0.486. The van der Waals surface area contributed by atoms with Gasteiger partial charge in [0.1, 0.15) is 6.04 Å². The van der Waals surface area contributed by atoms with E-state index in [1.807, 2.05) is 39.0 Å². The van der Waals surface area contributed by atoms with Crippen LogP contribution < -0.4 is 5.32 Å². The third kappa shape index (κ3) is 7.86. The van der Waals surface area contributed by atoms with E-state index >= 15 is 0 Å². The molecule has 0 saturated heterocycles. The van der Waals surface area contributed by atoms with Crippen LogP contribution in [0.2, 0.25) is 0 Å². The number of carbonyl (C=O) groups excluding carboxylic acids is 2. The number of thioether (sulfide) groups is 1. The van der Waals surface area contributed by atoms with Crippen molar-refractivity contribution in [1.29, 1.82) is 0 Å². The van der Waals surface area contributed by atoms with E-state index in [1.54, 1.807) is 16.7 Å². The molecule has 0 fully saturated rings. The van der Waals surface area contributed by atoms with E-state index in [4.69, 9.17) is 0 Å². The number of rotatable bonds is 11. The van der Waals surface area contributed by atoms with Gasteiger partial charge in [-0.05, 0) is 51.3 Å². The third-order valence-corrected chi connectivity index (χ3v) is 6.27. The van der Waals surface area contributed by atoms with E-state index in [-0.39, 0.29) is 17.9 Å². The number of aryl methyl sites for hydroxylation is 1. The van der Waals surface area contributed by atoms with Crippen molar-refractivity contribution in [1.82, 2.24) is 10.2 Å². The van der Waals surface area contributed by atoms with Gasteiger partial charge in [0.25, 0.3) is 0 Å². The quantitative estimate of drug-likeness (QED) is 0.523. The summed E-state index contributed by atoms with van der Waals surface area (Å²) in [5.41, 5.74) is 2.39. The molecule has 2 aromatic carbocycles. The summed E-state index contributed by atoms with van der Waals surface area (Å²) < 4.78 is 0. The molecule has 2 rings (SSSR count). The summed E-state index contributed by atoms with van der Waals surface area (Å²) in [5, 5.41) is 3.01. The number of amides is 2. The standard InChI is InChI=1S/C25H34N2O2S/c1-5-20(3)26-25(29)21(4)27(17-15-22-9-7-6-8-10-22)24(28)16-18-30-23-13-11-19(2)12-14-23/h6-14,20-21H,5,15-18H2,1-4H3,(H,26,29)/t20-,21-/m0/s1. The molecule has 0 aromatic heterocycles. The Morgan fingerprint density at radius 1 is 1.03 bits per heavy atom. The van der Waals surface area contributed by atoms with Crippen LogP contribution in [0.5, 0.6) is 0 Å². The van der Waals surface area contributed by atoms with Crippen molar-refractivity contribution in [2.24, 2.45) is 0 Å². The Morgan fingerprint density at radius 3 is 2.33 bits per heavy atom. The van der Waals surface area contributed by atoms with Gasteiger partial charge in [-0.2, -0.15) is 0 Å². The van der Waals surface area contributed by atoms with Gasteiger partial charge in [-0.15, -0.1) is 11.8 Å². The largest absolute Gasteiger partial charge is 0.352 e. The predicted octanol–water partition coefficient (Wildman–Crippen LogP) is 4.85. The van der Waals surface area contributed by atoms with Gasteiger partial charge >= 0.3 is 0 Å². The lowest BCUT2D eigenvalue weighted by Crippen LogP contribution is -2.50. The first-order chi connectivity index (χ1) is 14.4. The SMILES string of the molecule is CC[C@H](C)NC(=O)[C@H](C)N(CCc1ccccc1)C(=O)CCSc1ccc(C)cc1. The summed E-state index contributed by atoms with van der Waals surface area (Å²) >= 11 is 1.68. The van der Waals surface area contributed by atoms with Crippen LogP contribution in [-0.4, -0.2) is 41.1 Å². The first-order valence-corrected chi connectivity index (χ1v) is 11.7. The normalized spacial score (nSPS) is 12.8. The highest BCUT2D eigenvalue weighted by molar-refractivity contribution is 7.99. The van der Waals surface area contributed by atoms with Crippen molar-refractivity contribution in [2.75, 3.05) is 12.3 Å². The van der Waals surface area contributed by atoms with Crippen molar-refractivity contribution in [3.05, 3.63) is 65.7 Å². The molecule has 0 radical (unpaired) electrons. The highest BCUT2D eigenvalue weighted by Crippen LogP contribution is 2.20. The Balaban J connectivity index is 1.99. The highest BCUT2D eigenvalue weighted by atomic mass is 32.2. The van der Waals surface area contributed by atoms with E-state index < -0.39 is 6.04 Å². The highest BCUT2D eigenvalue weighted by Gasteiger charge is 2.26. The molecule has 0 aliphatic carbocycles. The second-order valence-electron chi connectivity index (χ2n) is 7.73. The first-order valence-electron chi connectivity index (χ1n) is 10.7. The molecular formula is C25H34N2O2S. The molecule has 4 nitrogen and oxygen atoms in total. The van der Waals surface area contributed by atoms with E-state index in [0.29, 0.717) is 18.7 Å². The Hall–Kier alpha value is -2.27. The molecular weight excluding hydrogens is 392 g/mol. The Bertz CT molecular complexity index is 793. The number of hydrogen-bond acceptors (Lipinski definition) is 3. The molecule has 5 heteroatoms. The molecule has 162 valence electrons. The predicted molar refractivity (Wildman–Crippen MR) is 126 cm³/mol. The monoisotopic (exact) mass is 426 g/mol. The summed E-state index contributed by atoms with van der Waals surface area (Å²) in [6, 6.07) is 18.0. The third-order valence-electron chi connectivity index (χ3n) is 5.26. The van der Waals surface area contributed by atoms with Crippen LogP contribution >= 0.6 is 11.8 Å². The van der Waals surface area contributed by atoms with Crippen molar-refractivity contribution >= 4 is 23.6 Å². The maximum atomic E-state index is 13.0. The molecule has 0 unspecified atom stereocenters. The van der Waals surface area contributed by atoms with Gasteiger partial charge in [-0.25, -0.2) is 0 Å². The Labute approximate surface area is 185 Å². The minimum absolute atomic E-state index is 0.0253. The van der Waals surface area contributed by atoms with Crippen LogP contribution in [0.4, 0.5) is 0 Å². The van der Waals surface area contributed by atoms with Crippen LogP contribution in [0.3, 0.4) is 0 Å². The van der Waals surface area contributed by atoms with Crippen molar-refractivity contribution < 1.29 is 9.59 Å². The van der Waals surface area contributed by atoms with Gasteiger partial charge < -0.3 is 10.2 Å². The smallest absolute Gasteiger partial charge is 0.242 e. The van der Waals surface area contributed by atoms with E-state index in [1.165, 1.54) is 11.1 Å². The van der Waals surface area contributed by atoms with Crippen LogP contribution in [0.25, 0.3) is 0 Å². The van der Waals surface area contributed by atoms with Crippen LogP contribution in [-0.2, 0) is 16.0 Å². The summed E-state index contributed by atoms with van der Waals surface area (Å²) in [5.74, 6) is 0.637. The number of nitrogens with one attached hydrogen (secondary N) is 1. The molecule has 2 amide bonds. The number of nitrogens with zero attached hydrogens (tertiary/aromatic N) is 1. The molecule has 2 atom stereocenters. The summed E-state index contributed by atoms with van der Waals surface area (Å²) in [7, 11) is 0. The lowest BCUT2D eigenvalue weighted by atomic mass is 10.1. The Morgan fingerprint density at radius 2 is 1.70 bits per heavy atom.